The molecule has 5 rings (SSSR count). The van der Waals surface area contributed by atoms with Crippen LogP contribution in [0.25, 0.3) is 0 Å². The maximum atomic E-state index is 13.6. The number of ether oxygens (including phenoxy) is 2. The monoisotopic (exact) mass is 416 g/mol. The lowest BCUT2D eigenvalue weighted by molar-refractivity contribution is 0.0651. The number of hydrogen-bond donors (Lipinski definition) is 1. The Balaban J connectivity index is 1.64. The number of pyridine rings is 1. The Hall–Kier alpha value is -3.87. The molecule has 7 nitrogen and oxygen atoms in total. The van der Waals surface area contributed by atoms with Crippen molar-refractivity contribution in [3.8, 4) is 11.5 Å². The number of carboxylic acids is 1. The fourth-order valence-corrected chi connectivity index (χ4v) is 4.26. The van der Waals surface area contributed by atoms with Gasteiger partial charge in [-0.15, -0.1) is 0 Å². The molecule has 0 radical (unpaired) electrons. The van der Waals surface area contributed by atoms with Gasteiger partial charge < -0.3 is 19.5 Å². The van der Waals surface area contributed by atoms with E-state index in [2.05, 4.69) is 4.98 Å². The molecule has 3 aromatic rings. The molecule has 0 spiro atoms. The van der Waals surface area contributed by atoms with Gasteiger partial charge in [0, 0.05) is 12.7 Å². The summed E-state index contributed by atoms with van der Waals surface area (Å²) in [5, 5.41) is 9.67. The van der Waals surface area contributed by atoms with Crippen LogP contribution in [0.2, 0.25) is 0 Å². The Morgan fingerprint density at radius 2 is 1.87 bits per heavy atom. The standard InChI is InChI=1S/C24H20N2O5/c1-14-5-6-16(18(10-14)24(28)29)23(27)26-9-7-15-11-20-21(31-13-30-20)12-17(15)22(26)19-4-2-3-8-25-19/h2-6,8,10-12,22H,7,9,13H2,1H3,(H,28,29). The number of aromatic carboxylic acids is 1. The Morgan fingerprint density at radius 3 is 2.61 bits per heavy atom. The third-order valence-corrected chi connectivity index (χ3v) is 5.73. The van der Waals surface area contributed by atoms with Gasteiger partial charge in [-0.2, -0.15) is 0 Å². The molecule has 0 aliphatic carbocycles. The molecule has 1 amide bonds. The van der Waals surface area contributed by atoms with Crippen LogP contribution in [0.3, 0.4) is 0 Å². The maximum Gasteiger partial charge on any atom is 0.336 e. The predicted octanol–water partition coefficient (Wildman–Crippen LogP) is 3.60. The maximum absolute atomic E-state index is 13.6. The molecule has 1 aromatic heterocycles. The second-order valence-corrected chi connectivity index (χ2v) is 7.66. The van der Waals surface area contributed by atoms with Crippen LogP contribution in [0.1, 0.15) is 49.1 Å². The molecule has 2 aliphatic heterocycles. The number of hydrogen-bond acceptors (Lipinski definition) is 5. The topological polar surface area (TPSA) is 89.0 Å². The first-order valence-corrected chi connectivity index (χ1v) is 10.0. The van der Waals surface area contributed by atoms with Crippen molar-refractivity contribution in [2.24, 2.45) is 0 Å². The molecule has 2 aliphatic rings. The van der Waals surface area contributed by atoms with Gasteiger partial charge in [0.25, 0.3) is 5.91 Å². The number of carbonyl (C=O) groups is 2. The summed E-state index contributed by atoms with van der Waals surface area (Å²) in [5.74, 6) is -0.126. The van der Waals surface area contributed by atoms with Crippen LogP contribution < -0.4 is 9.47 Å². The van der Waals surface area contributed by atoms with E-state index in [9.17, 15) is 14.7 Å². The zero-order valence-corrected chi connectivity index (χ0v) is 16.9. The number of carbonyl (C=O) groups excluding carboxylic acids is 1. The first kappa shape index (κ1) is 19.1. The van der Waals surface area contributed by atoms with Crippen LogP contribution in [0.4, 0.5) is 0 Å². The molecule has 3 heterocycles. The van der Waals surface area contributed by atoms with Gasteiger partial charge in [-0.05, 0) is 60.9 Å². The first-order valence-electron chi connectivity index (χ1n) is 10.0. The molecule has 0 fully saturated rings. The highest BCUT2D eigenvalue weighted by molar-refractivity contribution is 6.05. The summed E-state index contributed by atoms with van der Waals surface area (Å²) < 4.78 is 11.1. The van der Waals surface area contributed by atoms with Gasteiger partial charge in [-0.3, -0.25) is 9.78 Å². The SMILES string of the molecule is Cc1ccc(C(=O)N2CCc3cc4c(cc3C2c2ccccn2)OCO4)c(C(=O)O)c1. The van der Waals surface area contributed by atoms with Crippen LogP contribution in [0, 0.1) is 6.92 Å². The van der Waals surface area contributed by atoms with E-state index < -0.39 is 12.0 Å². The van der Waals surface area contributed by atoms with Crippen molar-refractivity contribution >= 4 is 11.9 Å². The van der Waals surface area contributed by atoms with Crippen molar-refractivity contribution < 1.29 is 24.2 Å². The number of fused-ring (bicyclic) bond motifs is 2. The number of aryl methyl sites for hydroxylation is 1. The highest BCUT2D eigenvalue weighted by Crippen LogP contribution is 2.42. The van der Waals surface area contributed by atoms with Gasteiger partial charge >= 0.3 is 5.97 Å². The Morgan fingerprint density at radius 1 is 1.06 bits per heavy atom. The van der Waals surface area contributed by atoms with Crippen LogP contribution >= 0.6 is 0 Å². The molecule has 156 valence electrons. The second-order valence-electron chi connectivity index (χ2n) is 7.66. The van der Waals surface area contributed by atoms with Crippen molar-refractivity contribution in [1.29, 1.82) is 0 Å². The number of benzene rings is 2. The number of carboxylic acid groups (broad SMARTS) is 1. The Kier molecular flexibility index (Phi) is 4.58. The quantitative estimate of drug-likeness (QED) is 0.702. The van der Waals surface area contributed by atoms with E-state index in [4.69, 9.17) is 9.47 Å². The van der Waals surface area contributed by atoms with Crippen LogP contribution in [-0.2, 0) is 6.42 Å². The third-order valence-electron chi connectivity index (χ3n) is 5.73. The summed E-state index contributed by atoms with van der Waals surface area (Å²) in [7, 11) is 0. The van der Waals surface area contributed by atoms with Crippen molar-refractivity contribution in [1.82, 2.24) is 9.88 Å². The van der Waals surface area contributed by atoms with Gasteiger partial charge in [-0.25, -0.2) is 4.79 Å². The van der Waals surface area contributed by atoms with E-state index in [1.54, 1.807) is 30.2 Å². The fraction of sp³-hybridized carbons (Fsp3) is 0.208. The van der Waals surface area contributed by atoms with E-state index in [1.807, 2.05) is 30.3 Å². The molecular weight excluding hydrogens is 396 g/mol. The molecular formula is C24H20N2O5. The fourth-order valence-electron chi connectivity index (χ4n) is 4.26. The minimum Gasteiger partial charge on any atom is -0.478 e. The summed E-state index contributed by atoms with van der Waals surface area (Å²) in [6.07, 6.45) is 2.31. The molecule has 0 saturated heterocycles. The average Bonchev–Trinajstić information content (AvgIpc) is 3.24. The van der Waals surface area contributed by atoms with Gasteiger partial charge in [0.05, 0.1) is 16.8 Å². The lowest BCUT2D eigenvalue weighted by atomic mass is 9.89. The molecule has 31 heavy (non-hydrogen) atoms. The third kappa shape index (κ3) is 3.28. The molecule has 7 heteroatoms. The summed E-state index contributed by atoms with van der Waals surface area (Å²) in [4.78, 5) is 31.7. The molecule has 1 N–H and O–H groups in total. The zero-order valence-electron chi connectivity index (χ0n) is 16.9. The number of rotatable bonds is 3. The van der Waals surface area contributed by atoms with Gasteiger partial charge in [0.2, 0.25) is 6.79 Å². The van der Waals surface area contributed by atoms with Crippen molar-refractivity contribution in [3.63, 3.8) is 0 Å². The van der Waals surface area contributed by atoms with E-state index in [0.29, 0.717) is 30.2 Å². The largest absolute Gasteiger partial charge is 0.478 e. The lowest BCUT2D eigenvalue weighted by Crippen LogP contribution is -2.41. The zero-order chi connectivity index (χ0) is 21.5. The van der Waals surface area contributed by atoms with E-state index in [1.165, 1.54) is 6.07 Å². The number of nitrogens with zero attached hydrogens (tertiary/aromatic N) is 2. The van der Waals surface area contributed by atoms with Crippen LogP contribution in [0.5, 0.6) is 11.5 Å². The van der Waals surface area contributed by atoms with Crippen molar-refractivity contribution in [3.05, 3.63) is 88.2 Å². The minimum absolute atomic E-state index is 0.00116. The smallest absolute Gasteiger partial charge is 0.336 e. The Labute approximate surface area is 178 Å². The summed E-state index contributed by atoms with van der Waals surface area (Å²) in [6, 6.07) is 13.8. The van der Waals surface area contributed by atoms with Gasteiger partial charge in [-0.1, -0.05) is 17.7 Å². The highest BCUT2D eigenvalue weighted by atomic mass is 16.7. The van der Waals surface area contributed by atoms with E-state index in [-0.39, 0.29) is 23.8 Å². The molecule has 2 aromatic carbocycles. The minimum atomic E-state index is -1.12. The number of amides is 1. The predicted molar refractivity (Wildman–Crippen MR) is 112 cm³/mol. The summed E-state index contributed by atoms with van der Waals surface area (Å²) in [6.45, 7) is 2.40. The van der Waals surface area contributed by atoms with Crippen LogP contribution in [-0.4, -0.2) is 40.2 Å². The molecule has 0 saturated carbocycles. The number of aromatic nitrogens is 1. The molecule has 0 bridgehead atoms. The normalized spacial score (nSPS) is 16.7. The van der Waals surface area contributed by atoms with E-state index >= 15 is 0 Å². The van der Waals surface area contributed by atoms with Crippen LogP contribution in [0.15, 0.2) is 54.7 Å². The Bertz CT molecular complexity index is 1190. The molecule has 1 unspecified atom stereocenters. The average molecular weight is 416 g/mol. The van der Waals surface area contributed by atoms with Gasteiger partial charge in [0.15, 0.2) is 11.5 Å². The lowest BCUT2D eigenvalue weighted by Gasteiger charge is -2.37. The summed E-state index contributed by atoms with van der Waals surface area (Å²) >= 11 is 0. The molecule has 1 atom stereocenters. The highest BCUT2D eigenvalue weighted by Gasteiger charge is 2.36. The summed E-state index contributed by atoms with van der Waals surface area (Å²) in [5.41, 5.74) is 3.63. The second kappa shape index (κ2) is 7.43. The first-order chi connectivity index (χ1) is 15.0. The van der Waals surface area contributed by atoms with Gasteiger partial charge in [0.1, 0.15) is 6.04 Å². The van der Waals surface area contributed by atoms with Crippen molar-refractivity contribution in [2.45, 2.75) is 19.4 Å². The van der Waals surface area contributed by atoms with Crippen molar-refractivity contribution in [2.75, 3.05) is 13.3 Å². The van der Waals surface area contributed by atoms with E-state index in [0.717, 1.165) is 16.7 Å².